The second kappa shape index (κ2) is 8.89. The molecule has 7 heteroatoms. The summed E-state index contributed by atoms with van der Waals surface area (Å²) in [5.74, 6) is 0.499. The molecule has 2 aromatic carbocycles. The number of sulfonamides is 1. The standard InChI is InChI=1S/C27H30N2O4S/c1-18-13-19(2)25-20(14-18)15-21(26(30)28-25)16-29(17-23-7-6-12-33-23)34(31,32)24-10-8-22(9-11-24)27(3,4)5/h6-15H,16-17H2,1-5H3,(H,28,30). The number of rotatable bonds is 6. The summed E-state index contributed by atoms with van der Waals surface area (Å²) in [5.41, 5.74) is 3.82. The number of hydrogen-bond acceptors (Lipinski definition) is 4. The molecule has 0 bridgehead atoms. The monoisotopic (exact) mass is 478 g/mol. The number of aryl methyl sites for hydroxylation is 2. The molecule has 2 heterocycles. The van der Waals surface area contributed by atoms with E-state index in [2.05, 4.69) is 25.8 Å². The molecule has 2 aromatic heterocycles. The first-order chi connectivity index (χ1) is 15.9. The van der Waals surface area contributed by atoms with Gasteiger partial charge in [-0.25, -0.2) is 8.42 Å². The van der Waals surface area contributed by atoms with Crippen LogP contribution >= 0.6 is 0 Å². The molecule has 0 unspecified atom stereocenters. The van der Waals surface area contributed by atoms with Gasteiger partial charge >= 0.3 is 0 Å². The number of furan rings is 1. The average Bonchev–Trinajstić information content (AvgIpc) is 3.27. The van der Waals surface area contributed by atoms with Crippen molar-refractivity contribution in [2.45, 2.75) is 58.0 Å². The van der Waals surface area contributed by atoms with Crippen molar-refractivity contribution in [1.29, 1.82) is 0 Å². The fourth-order valence-electron chi connectivity index (χ4n) is 4.12. The first kappa shape index (κ1) is 24.0. The zero-order valence-corrected chi connectivity index (χ0v) is 21.0. The lowest BCUT2D eigenvalue weighted by Crippen LogP contribution is -2.32. The molecule has 4 aromatic rings. The van der Waals surface area contributed by atoms with E-state index in [4.69, 9.17) is 4.42 Å². The Morgan fingerprint density at radius 1 is 0.971 bits per heavy atom. The van der Waals surface area contributed by atoms with E-state index in [9.17, 15) is 13.2 Å². The molecule has 0 radical (unpaired) electrons. The minimum absolute atomic E-state index is 0.0146. The third-order valence-electron chi connectivity index (χ3n) is 5.99. The second-order valence-electron chi connectivity index (χ2n) is 9.80. The SMILES string of the molecule is Cc1cc(C)c2[nH]c(=O)c(CN(Cc3ccco3)S(=O)(=O)c3ccc(C(C)(C)C)cc3)cc2c1. The van der Waals surface area contributed by atoms with Crippen molar-refractivity contribution < 1.29 is 12.8 Å². The van der Waals surface area contributed by atoms with Crippen LogP contribution in [0.2, 0.25) is 0 Å². The molecular formula is C27H30N2O4S. The topological polar surface area (TPSA) is 83.4 Å². The Morgan fingerprint density at radius 3 is 2.29 bits per heavy atom. The Hall–Kier alpha value is -3.16. The van der Waals surface area contributed by atoms with Crippen molar-refractivity contribution in [2.24, 2.45) is 0 Å². The van der Waals surface area contributed by atoms with Gasteiger partial charge in [-0.15, -0.1) is 0 Å². The Morgan fingerprint density at radius 2 is 1.68 bits per heavy atom. The highest BCUT2D eigenvalue weighted by Gasteiger charge is 2.27. The van der Waals surface area contributed by atoms with E-state index in [0.29, 0.717) is 11.3 Å². The van der Waals surface area contributed by atoms with E-state index >= 15 is 0 Å². The van der Waals surface area contributed by atoms with Crippen LogP contribution < -0.4 is 5.56 Å². The normalized spacial score (nSPS) is 12.5. The summed E-state index contributed by atoms with van der Waals surface area (Å²) >= 11 is 0. The molecule has 0 atom stereocenters. The molecule has 178 valence electrons. The maximum Gasteiger partial charge on any atom is 0.252 e. The first-order valence-corrected chi connectivity index (χ1v) is 12.7. The second-order valence-corrected chi connectivity index (χ2v) is 11.7. The average molecular weight is 479 g/mol. The Balaban J connectivity index is 1.76. The van der Waals surface area contributed by atoms with Crippen LogP contribution in [0.3, 0.4) is 0 Å². The maximum absolute atomic E-state index is 13.7. The van der Waals surface area contributed by atoms with Gasteiger partial charge in [0.25, 0.3) is 5.56 Å². The number of aromatic nitrogens is 1. The summed E-state index contributed by atoms with van der Waals surface area (Å²) < 4.78 is 34.1. The molecule has 0 saturated carbocycles. The molecule has 0 spiro atoms. The molecule has 4 rings (SSSR count). The molecule has 1 N–H and O–H groups in total. The van der Waals surface area contributed by atoms with Crippen LogP contribution in [-0.2, 0) is 28.5 Å². The summed E-state index contributed by atoms with van der Waals surface area (Å²) in [6, 6.07) is 16.1. The number of H-pyrrole nitrogens is 1. The molecule has 0 amide bonds. The van der Waals surface area contributed by atoms with Crippen LogP contribution in [0.4, 0.5) is 0 Å². The zero-order chi connectivity index (χ0) is 24.7. The largest absolute Gasteiger partial charge is 0.468 e. The van der Waals surface area contributed by atoms with Gasteiger partial charge in [0.2, 0.25) is 10.0 Å². The number of nitrogens with one attached hydrogen (secondary N) is 1. The first-order valence-electron chi connectivity index (χ1n) is 11.2. The van der Waals surface area contributed by atoms with Crippen LogP contribution in [0, 0.1) is 13.8 Å². The lowest BCUT2D eigenvalue weighted by Gasteiger charge is -2.23. The Labute approximate surface area is 200 Å². The fourth-order valence-corrected chi connectivity index (χ4v) is 5.50. The third kappa shape index (κ3) is 4.86. The van der Waals surface area contributed by atoms with E-state index in [1.54, 1.807) is 30.3 Å². The number of fused-ring (bicyclic) bond motifs is 1. The van der Waals surface area contributed by atoms with Crippen LogP contribution in [0.1, 0.15) is 48.8 Å². The van der Waals surface area contributed by atoms with Gasteiger partial charge in [-0.2, -0.15) is 4.31 Å². The fraction of sp³-hybridized carbons (Fsp3) is 0.296. The lowest BCUT2D eigenvalue weighted by atomic mass is 9.87. The lowest BCUT2D eigenvalue weighted by molar-refractivity contribution is 0.357. The summed E-state index contributed by atoms with van der Waals surface area (Å²) in [6.07, 6.45) is 1.51. The van der Waals surface area contributed by atoms with Gasteiger partial charge in [-0.1, -0.05) is 44.5 Å². The van der Waals surface area contributed by atoms with Gasteiger partial charge in [-0.05, 0) is 72.2 Å². The summed E-state index contributed by atoms with van der Waals surface area (Å²) in [4.78, 5) is 16.0. The molecule has 34 heavy (non-hydrogen) atoms. The van der Waals surface area contributed by atoms with Crippen molar-refractivity contribution in [3.05, 3.63) is 99.2 Å². The van der Waals surface area contributed by atoms with Gasteiger partial charge in [-0.3, -0.25) is 4.79 Å². The highest BCUT2D eigenvalue weighted by atomic mass is 32.2. The quantitative estimate of drug-likeness (QED) is 0.401. The molecule has 0 aliphatic carbocycles. The smallest absolute Gasteiger partial charge is 0.252 e. The summed E-state index contributed by atoms with van der Waals surface area (Å²) in [7, 11) is -3.90. The zero-order valence-electron chi connectivity index (χ0n) is 20.2. The van der Waals surface area contributed by atoms with Crippen molar-refractivity contribution in [3.63, 3.8) is 0 Å². The van der Waals surface area contributed by atoms with Gasteiger partial charge < -0.3 is 9.40 Å². The van der Waals surface area contributed by atoms with E-state index < -0.39 is 10.0 Å². The molecule has 6 nitrogen and oxygen atoms in total. The van der Waals surface area contributed by atoms with Gasteiger partial charge in [0.15, 0.2) is 0 Å². The predicted molar refractivity (Wildman–Crippen MR) is 134 cm³/mol. The molecular weight excluding hydrogens is 448 g/mol. The highest BCUT2D eigenvalue weighted by Crippen LogP contribution is 2.27. The predicted octanol–water partition coefficient (Wildman–Crippen LogP) is 5.43. The third-order valence-corrected chi connectivity index (χ3v) is 7.79. The highest BCUT2D eigenvalue weighted by molar-refractivity contribution is 7.89. The molecule has 0 aliphatic heterocycles. The van der Waals surface area contributed by atoms with Crippen LogP contribution in [0.5, 0.6) is 0 Å². The van der Waals surface area contributed by atoms with E-state index in [1.165, 1.54) is 10.6 Å². The van der Waals surface area contributed by atoms with Crippen LogP contribution in [0.25, 0.3) is 10.9 Å². The maximum atomic E-state index is 13.7. The van der Waals surface area contributed by atoms with Crippen LogP contribution in [0.15, 0.2) is 75.0 Å². The van der Waals surface area contributed by atoms with Crippen molar-refractivity contribution in [3.8, 4) is 0 Å². The van der Waals surface area contributed by atoms with Gasteiger partial charge in [0.05, 0.1) is 23.2 Å². The molecule has 0 fully saturated rings. The Bertz CT molecular complexity index is 1480. The van der Waals surface area contributed by atoms with E-state index in [1.807, 2.05) is 38.1 Å². The number of hydrogen-bond donors (Lipinski definition) is 1. The van der Waals surface area contributed by atoms with E-state index in [0.717, 1.165) is 27.6 Å². The minimum Gasteiger partial charge on any atom is -0.468 e. The molecule has 0 aliphatic rings. The summed E-state index contributed by atoms with van der Waals surface area (Å²) in [6.45, 7) is 10.1. The van der Waals surface area contributed by atoms with Crippen molar-refractivity contribution >= 4 is 20.9 Å². The Kier molecular flexibility index (Phi) is 6.27. The van der Waals surface area contributed by atoms with Crippen molar-refractivity contribution in [1.82, 2.24) is 9.29 Å². The number of aromatic amines is 1. The van der Waals surface area contributed by atoms with Gasteiger partial charge in [0.1, 0.15) is 5.76 Å². The molecule has 0 saturated heterocycles. The number of nitrogens with zero attached hydrogens (tertiary/aromatic N) is 1. The number of pyridine rings is 1. The van der Waals surface area contributed by atoms with Crippen molar-refractivity contribution in [2.75, 3.05) is 0 Å². The number of benzene rings is 2. The van der Waals surface area contributed by atoms with Gasteiger partial charge in [0, 0.05) is 12.1 Å². The minimum atomic E-state index is -3.90. The summed E-state index contributed by atoms with van der Waals surface area (Å²) in [5, 5.41) is 0.872. The van der Waals surface area contributed by atoms with Crippen LogP contribution in [-0.4, -0.2) is 17.7 Å². The van der Waals surface area contributed by atoms with E-state index in [-0.39, 0.29) is 29.0 Å².